The Morgan fingerprint density at radius 3 is 2.06 bits per heavy atom. The number of nitrogens with zero attached hydrogens (tertiary/aromatic N) is 3. The summed E-state index contributed by atoms with van der Waals surface area (Å²) < 4.78 is 11.4. The molecule has 3 aliphatic heterocycles. The second-order valence-corrected chi connectivity index (χ2v) is 8.13. The molecule has 9 nitrogen and oxygen atoms in total. The summed E-state index contributed by atoms with van der Waals surface area (Å²) in [5.41, 5.74) is 0.747. The van der Waals surface area contributed by atoms with E-state index in [0.717, 1.165) is 4.90 Å². The predicted molar refractivity (Wildman–Crippen MR) is 116 cm³/mol. The van der Waals surface area contributed by atoms with E-state index in [1.165, 1.54) is 0 Å². The summed E-state index contributed by atoms with van der Waals surface area (Å²) in [6, 6.07) is 13.9. The number of amides is 4. The fraction of sp³-hybridized carbons (Fsp3) is 0.333. The van der Waals surface area contributed by atoms with E-state index in [4.69, 9.17) is 9.47 Å². The number of rotatable bonds is 4. The van der Waals surface area contributed by atoms with Gasteiger partial charge in [-0.2, -0.15) is 0 Å². The monoisotopic (exact) mass is 449 g/mol. The first-order valence-electron chi connectivity index (χ1n) is 10.9. The Kier molecular flexibility index (Phi) is 5.45. The van der Waals surface area contributed by atoms with Gasteiger partial charge in [0.25, 0.3) is 17.7 Å². The lowest BCUT2D eigenvalue weighted by Gasteiger charge is -2.37. The summed E-state index contributed by atoms with van der Waals surface area (Å²) in [4.78, 5) is 54.9. The van der Waals surface area contributed by atoms with Crippen molar-refractivity contribution in [1.29, 1.82) is 0 Å². The van der Waals surface area contributed by atoms with Gasteiger partial charge in [-0.25, -0.2) is 0 Å². The molecule has 0 aliphatic carbocycles. The van der Waals surface area contributed by atoms with Crippen molar-refractivity contribution in [2.75, 3.05) is 39.3 Å². The van der Waals surface area contributed by atoms with Gasteiger partial charge in [0.15, 0.2) is 11.5 Å². The molecule has 170 valence electrons. The third kappa shape index (κ3) is 3.90. The molecule has 1 fully saturated rings. The second-order valence-electron chi connectivity index (χ2n) is 8.13. The van der Waals surface area contributed by atoms with E-state index in [1.807, 2.05) is 12.1 Å². The highest BCUT2D eigenvalue weighted by Crippen LogP contribution is 2.31. The second kappa shape index (κ2) is 8.57. The molecule has 0 spiro atoms. The van der Waals surface area contributed by atoms with Gasteiger partial charge in [-0.1, -0.05) is 24.3 Å². The predicted octanol–water partition coefficient (Wildman–Crippen LogP) is 1.18. The van der Waals surface area contributed by atoms with Crippen LogP contribution in [-0.4, -0.2) is 83.8 Å². The highest BCUT2D eigenvalue weighted by molar-refractivity contribution is 6.21. The molecule has 0 unspecified atom stereocenters. The third-order valence-electron chi connectivity index (χ3n) is 6.16. The summed E-state index contributed by atoms with van der Waals surface area (Å²) in [5, 5.41) is 0. The summed E-state index contributed by atoms with van der Waals surface area (Å²) in [7, 11) is 0. The number of fused-ring (bicyclic) bond motifs is 2. The van der Waals surface area contributed by atoms with E-state index < -0.39 is 6.10 Å². The lowest BCUT2D eigenvalue weighted by atomic mass is 10.1. The van der Waals surface area contributed by atoms with Crippen molar-refractivity contribution >= 4 is 23.6 Å². The fourth-order valence-corrected chi connectivity index (χ4v) is 4.33. The van der Waals surface area contributed by atoms with E-state index in [2.05, 4.69) is 0 Å². The average molecular weight is 449 g/mol. The molecule has 3 heterocycles. The molecule has 1 saturated heterocycles. The number of para-hydroxylation sites is 2. The molecule has 4 amide bonds. The highest BCUT2D eigenvalue weighted by atomic mass is 16.6. The molecule has 0 radical (unpaired) electrons. The lowest BCUT2D eigenvalue weighted by Crippen LogP contribution is -2.55. The largest absolute Gasteiger partial charge is 0.485 e. The van der Waals surface area contributed by atoms with Crippen LogP contribution in [0.25, 0.3) is 0 Å². The van der Waals surface area contributed by atoms with Crippen LogP contribution in [0.1, 0.15) is 27.1 Å². The van der Waals surface area contributed by atoms with Gasteiger partial charge in [0.2, 0.25) is 12.0 Å². The molecule has 2 aromatic rings. The Balaban J connectivity index is 1.11. The third-order valence-corrected chi connectivity index (χ3v) is 6.16. The standard InChI is InChI=1S/C24H23N3O6/c28-21(9-10-27-22(29)16-5-1-2-6-17(16)23(27)30)25-11-13-26(14-12-25)24(31)20-15-32-18-7-3-4-8-19(18)33-20/h1-8,20H,9-15H2/t20-/m0/s1. The zero-order valence-electron chi connectivity index (χ0n) is 17.9. The lowest BCUT2D eigenvalue weighted by molar-refractivity contribution is -0.146. The zero-order valence-corrected chi connectivity index (χ0v) is 17.9. The Morgan fingerprint density at radius 2 is 1.39 bits per heavy atom. The Hall–Kier alpha value is -3.88. The topological polar surface area (TPSA) is 96.5 Å². The van der Waals surface area contributed by atoms with Gasteiger partial charge >= 0.3 is 0 Å². The summed E-state index contributed by atoms with van der Waals surface area (Å²) in [6.45, 7) is 1.73. The number of carbonyl (C=O) groups is 4. The highest BCUT2D eigenvalue weighted by Gasteiger charge is 2.36. The summed E-state index contributed by atoms with van der Waals surface area (Å²) in [6.07, 6.45) is -0.661. The minimum atomic E-state index is -0.712. The van der Waals surface area contributed by atoms with Crippen molar-refractivity contribution in [3.05, 3.63) is 59.7 Å². The molecular formula is C24H23N3O6. The van der Waals surface area contributed by atoms with Gasteiger partial charge in [0.1, 0.15) is 6.61 Å². The van der Waals surface area contributed by atoms with Crippen molar-refractivity contribution in [3.8, 4) is 11.5 Å². The van der Waals surface area contributed by atoms with Gasteiger partial charge in [-0.15, -0.1) is 0 Å². The molecule has 0 saturated carbocycles. The van der Waals surface area contributed by atoms with E-state index >= 15 is 0 Å². The number of ether oxygens (including phenoxy) is 2. The molecule has 0 aromatic heterocycles. The van der Waals surface area contributed by atoms with Crippen LogP contribution < -0.4 is 9.47 Å². The number of carbonyl (C=O) groups excluding carboxylic acids is 4. The minimum absolute atomic E-state index is 0.0387. The van der Waals surface area contributed by atoms with Crippen molar-refractivity contribution in [2.45, 2.75) is 12.5 Å². The van der Waals surface area contributed by atoms with Crippen LogP contribution >= 0.6 is 0 Å². The van der Waals surface area contributed by atoms with Crippen LogP contribution in [0.2, 0.25) is 0 Å². The minimum Gasteiger partial charge on any atom is -0.485 e. The SMILES string of the molecule is O=C(CCN1C(=O)c2ccccc2C1=O)N1CCN(C(=O)[C@@H]2COc3ccccc3O2)CC1. The molecule has 33 heavy (non-hydrogen) atoms. The maximum atomic E-state index is 12.9. The maximum Gasteiger partial charge on any atom is 0.267 e. The number of hydrogen-bond acceptors (Lipinski definition) is 6. The number of piperazine rings is 1. The first kappa shape index (κ1) is 21.0. The number of hydrogen-bond donors (Lipinski definition) is 0. The van der Waals surface area contributed by atoms with Gasteiger partial charge in [0, 0.05) is 39.1 Å². The Morgan fingerprint density at radius 1 is 0.818 bits per heavy atom. The smallest absolute Gasteiger partial charge is 0.267 e. The quantitative estimate of drug-likeness (QED) is 0.651. The zero-order chi connectivity index (χ0) is 22.9. The van der Waals surface area contributed by atoms with Gasteiger partial charge in [-0.3, -0.25) is 24.1 Å². The van der Waals surface area contributed by atoms with E-state index in [9.17, 15) is 19.2 Å². The summed E-state index contributed by atoms with van der Waals surface area (Å²) in [5.74, 6) is 0.122. The molecule has 2 aromatic carbocycles. The van der Waals surface area contributed by atoms with Crippen LogP contribution in [0.4, 0.5) is 0 Å². The van der Waals surface area contributed by atoms with Gasteiger partial charge < -0.3 is 19.3 Å². The molecule has 0 bridgehead atoms. The van der Waals surface area contributed by atoms with Crippen LogP contribution in [-0.2, 0) is 9.59 Å². The van der Waals surface area contributed by atoms with Crippen LogP contribution in [0.3, 0.4) is 0 Å². The fourth-order valence-electron chi connectivity index (χ4n) is 4.33. The van der Waals surface area contributed by atoms with Crippen molar-refractivity contribution in [3.63, 3.8) is 0 Å². The van der Waals surface area contributed by atoms with Crippen molar-refractivity contribution in [1.82, 2.24) is 14.7 Å². The molecule has 1 atom stereocenters. The molecular weight excluding hydrogens is 426 g/mol. The van der Waals surface area contributed by atoms with Gasteiger partial charge in [-0.05, 0) is 24.3 Å². The average Bonchev–Trinajstić information content (AvgIpc) is 3.11. The van der Waals surface area contributed by atoms with E-state index in [0.29, 0.717) is 48.8 Å². The number of benzene rings is 2. The molecule has 0 N–H and O–H groups in total. The first-order chi connectivity index (χ1) is 16.0. The van der Waals surface area contributed by atoms with E-state index in [-0.39, 0.29) is 43.2 Å². The molecule has 3 aliphatic rings. The Labute approximate surface area is 190 Å². The summed E-state index contributed by atoms with van der Waals surface area (Å²) >= 11 is 0. The van der Waals surface area contributed by atoms with E-state index in [1.54, 1.807) is 46.2 Å². The van der Waals surface area contributed by atoms with Crippen molar-refractivity contribution in [2.24, 2.45) is 0 Å². The maximum absolute atomic E-state index is 12.9. The van der Waals surface area contributed by atoms with Crippen LogP contribution in [0.15, 0.2) is 48.5 Å². The first-order valence-corrected chi connectivity index (χ1v) is 10.9. The normalized spacial score (nSPS) is 19.5. The van der Waals surface area contributed by atoms with Gasteiger partial charge in [0.05, 0.1) is 11.1 Å². The molecule has 9 heteroatoms. The van der Waals surface area contributed by atoms with Crippen LogP contribution in [0, 0.1) is 0 Å². The van der Waals surface area contributed by atoms with Crippen LogP contribution in [0.5, 0.6) is 11.5 Å². The number of imide groups is 1. The van der Waals surface area contributed by atoms with Crippen molar-refractivity contribution < 1.29 is 28.7 Å². The molecule has 5 rings (SSSR count). The Bertz CT molecular complexity index is 1090.